The van der Waals surface area contributed by atoms with Gasteiger partial charge in [-0.25, -0.2) is 0 Å². The topological polar surface area (TPSA) is 60.2 Å². The number of nitrogens with zero attached hydrogens (tertiary/aromatic N) is 2. The average Bonchev–Trinajstić information content (AvgIpc) is 3.08. The van der Waals surface area contributed by atoms with Crippen molar-refractivity contribution >= 4 is 33.3 Å². The quantitative estimate of drug-likeness (QED) is 0.931. The Bertz CT molecular complexity index is 522. The van der Waals surface area contributed by atoms with Crippen LogP contribution in [0.4, 0.5) is 6.01 Å². The van der Waals surface area contributed by atoms with Gasteiger partial charge in [-0.2, -0.15) is 0 Å². The fraction of sp³-hybridized carbons (Fsp3) is 0.455. The van der Waals surface area contributed by atoms with E-state index in [0.29, 0.717) is 18.5 Å². The minimum absolute atomic E-state index is 0.0264. The third-order valence-corrected chi connectivity index (χ3v) is 4.66. The Morgan fingerprint density at radius 1 is 1.50 bits per heavy atom. The molecular weight excluding hydrogens is 318 g/mol. The van der Waals surface area contributed by atoms with E-state index < -0.39 is 0 Å². The van der Waals surface area contributed by atoms with Crippen molar-refractivity contribution in [2.24, 2.45) is 0 Å². The summed E-state index contributed by atoms with van der Waals surface area (Å²) >= 11 is 5.16. The van der Waals surface area contributed by atoms with E-state index in [1.165, 1.54) is 4.88 Å². The van der Waals surface area contributed by atoms with Gasteiger partial charge in [0.1, 0.15) is 6.10 Å². The highest BCUT2D eigenvalue weighted by Crippen LogP contribution is 2.28. The van der Waals surface area contributed by atoms with Gasteiger partial charge in [-0.3, -0.25) is 0 Å². The van der Waals surface area contributed by atoms with Crippen LogP contribution in [-0.4, -0.2) is 16.8 Å². The van der Waals surface area contributed by atoms with Gasteiger partial charge >= 0.3 is 6.01 Å². The molecule has 5 nitrogen and oxygen atoms in total. The number of aromatic nitrogens is 2. The Kier molecular flexibility index (Phi) is 3.62. The van der Waals surface area contributed by atoms with Gasteiger partial charge in [0.05, 0.1) is 6.54 Å². The first-order chi connectivity index (χ1) is 8.83. The number of hydrogen-bond donors (Lipinski definition) is 1. The number of ether oxygens (including phenoxy) is 1. The molecule has 2 aromatic rings. The van der Waals surface area contributed by atoms with Crippen LogP contribution in [0.25, 0.3) is 0 Å². The first-order valence-corrected chi connectivity index (χ1v) is 7.41. The van der Waals surface area contributed by atoms with Gasteiger partial charge in [-0.1, -0.05) is 5.10 Å². The molecule has 0 unspecified atom stereocenters. The lowest BCUT2D eigenvalue weighted by molar-refractivity contribution is 0.0897. The highest BCUT2D eigenvalue weighted by molar-refractivity contribution is 9.10. The molecule has 0 radical (unpaired) electrons. The lowest BCUT2D eigenvalue weighted by Crippen LogP contribution is -1.98. The lowest BCUT2D eigenvalue weighted by atomic mass is 10.2. The molecule has 3 rings (SSSR count). The molecule has 1 aliphatic rings. The highest BCUT2D eigenvalue weighted by Gasteiger charge is 2.23. The lowest BCUT2D eigenvalue weighted by Gasteiger charge is -2.02. The molecule has 3 heterocycles. The first kappa shape index (κ1) is 12.1. The summed E-state index contributed by atoms with van der Waals surface area (Å²) in [6.45, 7) is 1.45. The van der Waals surface area contributed by atoms with Gasteiger partial charge in [0.25, 0.3) is 0 Å². The van der Waals surface area contributed by atoms with Crippen molar-refractivity contribution in [3.05, 3.63) is 26.7 Å². The zero-order chi connectivity index (χ0) is 12.4. The Morgan fingerprint density at radius 3 is 3.17 bits per heavy atom. The fourth-order valence-electron chi connectivity index (χ4n) is 1.82. The van der Waals surface area contributed by atoms with E-state index in [9.17, 15) is 0 Å². The second-order valence-electron chi connectivity index (χ2n) is 3.99. The molecule has 1 N–H and O–H groups in total. The number of hydrogen-bond acceptors (Lipinski definition) is 6. The summed E-state index contributed by atoms with van der Waals surface area (Å²) < 4.78 is 12.1. The normalized spacial score (nSPS) is 19.3. The molecule has 7 heteroatoms. The molecule has 1 atom stereocenters. The maximum Gasteiger partial charge on any atom is 0.315 e. The predicted octanol–water partition coefficient (Wildman–Crippen LogP) is 3.36. The van der Waals surface area contributed by atoms with Crippen LogP contribution >= 0.6 is 27.3 Å². The minimum Gasteiger partial charge on any atom is -0.405 e. The predicted molar refractivity (Wildman–Crippen MR) is 71.6 cm³/mol. The summed E-state index contributed by atoms with van der Waals surface area (Å²) in [5.74, 6) is 0.570. The van der Waals surface area contributed by atoms with Crippen molar-refractivity contribution in [2.75, 3.05) is 11.9 Å². The standard InChI is InChI=1S/C11H12BrN3O2S/c12-7-3-5-18-9(7)6-13-11-15-14-10(17-11)8-2-1-4-16-8/h3,5,8H,1-2,4,6H2,(H,13,15)/t8-/m0/s1. The molecule has 0 aromatic carbocycles. The summed E-state index contributed by atoms with van der Waals surface area (Å²) in [5.41, 5.74) is 0. The van der Waals surface area contributed by atoms with Crippen LogP contribution in [-0.2, 0) is 11.3 Å². The van der Waals surface area contributed by atoms with E-state index in [2.05, 4.69) is 31.4 Å². The Hall–Kier alpha value is -0.920. The highest BCUT2D eigenvalue weighted by atomic mass is 79.9. The average molecular weight is 330 g/mol. The molecule has 18 heavy (non-hydrogen) atoms. The third kappa shape index (κ3) is 2.57. The van der Waals surface area contributed by atoms with Crippen molar-refractivity contribution in [3.8, 4) is 0 Å². The molecule has 0 aliphatic carbocycles. The summed E-state index contributed by atoms with van der Waals surface area (Å²) in [5, 5.41) is 13.1. The maximum absolute atomic E-state index is 5.54. The van der Waals surface area contributed by atoms with Crippen molar-refractivity contribution in [3.63, 3.8) is 0 Å². The maximum atomic E-state index is 5.54. The second-order valence-corrected chi connectivity index (χ2v) is 5.85. The molecule has 2 aromatic heterocycles. The molecule has 0 spiro atoms. The monoisotopic (exact) mass is 329 g/mol. The molecule has 0 saturated carbocycles. The number of thiophene rings is 1. The van der Waals surface area contributed by atoms with Crippen LogP contribution in [0.15, 0.2) is 20.3 Å². The molecule has 96 valence electrons. The van der Waals surface area contributed by atoms with Crippen LogP contribution < -0.4 is 5.32 Å². The van der Waals surface area contributed by atoms with Crippen LogP contribution in [0.2, 0.25) is 0 Å². The summed E-state index contributed by atoms with van der Waals surface area (Å²) in [7, 11) is 0. The van der Waals surface area contributed by atoms with E-state index in [1.54, 1.807) is 11.3 Å². The third-order valence-electron chi connectivity index (χ3n) is 2.74. The van der Waals surface area contributed by atoms with Crippen molar-refractivity contribution in [1.29, 1.82) is 0 Å². The zero-order valence-electron chi connectivity index (χ0n) is 9.56. The first-order valence-electron chi connectivity index (χ1n) is 5.73. The van der Waals surface area contributed by atoms with Crippen LogP contribution in [0.3, 0.4) is 0 Å². The minimum atomic E-state index is -0.0264. The summed E-state index contributed by atoms with van der Waals surface area (Å²) in [4.78, 5) is 1.20. The van der Waals surface area contributed by atoms with Crippen molar-refractivity contribution in [2.45, 2.75) is 25.5 Å². The fourth-order valence-corrected chi connectivity index (χ4v) is 3.25. The Morgan fingerprint density at radius 2 is 2.44 bits per heavy atom. The Balaban J connectivity index is 1.61. The van der Waals surface area contributed by atoms with Gasteiger partial charge in [0.2, 0.25) is 5.89 Å². The molecule has 1 saturated heterocycles. The molecule has 0 amide bonds. The smallest absolute Gasteiger partial charge is 0.315 e. The van der Waals surface area contributed by atoms with E-state index in [4.69, 9.17) is 9.15 Å². The summed E-state index contributed by atoms with van der Waals surface area (Å²) in [6.07, 6.45) is 1.98. The molecule has 1 aliphatic heterocycles. The number of anilines is 1. The number of halogens is 1. The van der Waals surface area contributed by atoms with Gasteiger partial charge in [-0.05, 0) is 40.2 Å². The van der Waals surface area contributed by atoms with Crippen molar-refractivity contribution in [1.82, 2.24) is 10.2 Å². The second kappa shape index (κ2) is 5.38. The molecule has 0 bridgehead atoms. The molecule has 1 fully saturated rings. The zero-order valence-corrected chi connectivity index (χ0v) is 12.0. The SMILES string of the molecule is Brc1ccsc1CNc1nnc([C@@H]2CCCO2)o1. The Labute approximate surface area is 117 Å². The van der Waals surface area contributed by atoms with Gasteiger partial charge in [0, 0.05) is 16.0 Å². The summed E-state index contributed by atoms with van der Waals surface area (Å²) in [6, 6.07) is 2.47. The number of nitrogens with one attached hydrogen (secondary N) is 1. The van der Waals surface area contributed by atoms with Crippen molar-refractivity contribution < 1.29 is 9.15 Å². The molecular formula is C11H12BrN3O2S. The number of rotatable bonds is 4. The van der Waals surface area contributed by atoms with Gasteiger partial charge < -0.3 is 14.5 Å². The van der Waals surface area contributed by atoms with Crippen LogP contribution in [0.5, 0.6) is 0 Å². The van der Waals surface area contributed by atoms with E-state index in [0.717, 1.165) is 23.9 Å². The van der Waals surface area contributed by atoms with Crippen LogP contribution in [0.1, 0.15) is 29.7 Å². The van der Waals surface area contributed by atoms with Gasteiger partial charge in [-0.15, -0.1) is 16.4 Å². The largest absolute Gasteiger partial charge is 0.405 e. The van der Waals surface area contributed by atoms with Crippen LogP contribution in [0, 0.1) is 0 Å². The van der Waals surface area contributed by atoms with Gasteiger partial charge in [0.15, 0.2) is 0 Å². The van der Waals surface area contributed by atoms with E-state index in [-0.39, 0.29) is 6.10 Å². The van der Waals surface area contributed by atoms with E-state index in [1.807, 2.05) is 11.4 Å². The van der Waals surface area contributed by atoms with E-state index >= 15 is 0 Å².